The zero-order chi connectivity index (χ0) is 27.0. The van der Waals surface area contributed by atoms with E-state index >= 15 is 0 Å². The highest BCUT2D eigenvalue weighted by Crippen LogP contribution is 2.37. The number of phosphoric acid groups is 1. The molecule has 2 aliphatic rings. The van der Waals surface area contributed by atoms with Crippen LogP contribution in [0.5, 0.6) is 11.9 Å². The number of carbonyl (C=O) groups is 1. The van der Waals surface area contributed by atoms with Crippen molar-refractivity contribution in [1.29, 1.82) is 0 Å². The Labute approximate surface area is 212 Å². The van der Waals surface area contributed by atoms with E-state index in [0.29, 0.717) is 5.56 Å². The van der Waals surface area contributed by atoms with E-state index in [0.717, 1.165) is 11.0 Å². The van der Waals surface area contributed by atoms with Crippen LogP contribution >= 0.6 is 7.82 Å². The van der Waals surface area contributed by atoms with E-state index in [1.54, 1.807) is 6.07 Å². The first-order chi connectivity index (χ1) is 18.1. The van der Waals surface area contributed by atoms with Gasteiger partial charge < -0.3 is 34.1 Å². The first-order valence-electron chi connectivity index (χ1n) is 11.0. The molecule has 2 atom stereocenters. The van der Waals surface area contributed by atoms with Crippen molar-refractivity contribution >= 4 is 25.4 Å². The molecule has 38 heavy (non-hydrogen) atoms. The van der Waals surface area contributed by atoms with E-state index < -0.39 is 43.5 Å². The van der Waals surface area contributed by atoms with Gasteiger partial charge >= 0.3 is 25.7 Å². The largest absolute Gasteiger partial charge is 0.469 e. The van der Waals surface area contributed by atoms with Gasteiger partial charge in [-0.25, -0.2) is 18.7 Å². The summed E-state index contributed by atoms with van der Waals surface area (Å²) in [5.41, 5.74) is 0.836. The maximum Gasteiger partial charge on any atom is 0.469 e. The molecule has 1 aromatic carbocycles. The molecule has 5 rings (SSSR count). The van der Waals surface area contributed by atoms with Crippen molar-refractivity contribution in [3.8, 4) is 23.0 Å². The number of amides is 1. The van der Waals surface area contributed by atoms with Gasteiger partial charge in [0.05, 0.1) is 25.4 Å². The average molecular weight is 551 g/mol. The van der Waals surface area contributed by atoms with Crippen LogP contribution in [-0.4, -0.2) is 67.3 Å². The highest BCUT2D eigenvalue weighted by Gasteiger charge is 2.34. The van der Waals surface area contributed by atoms with Gasteiger partial charge in [0.1, 0.15) is 24.7 Å². The van der Waals surface area contributed by atoms with Gasteiger partial charge in [0, 0.05) is 28.4 Å². The van der Waals surface area contributed by atoms with Crippen molar-refractivity contribution in [2.75, 3.05) is 24.7 Å². The molecule has 0 aliphatic carbocycles. The maximum absolute atomic E-state index is 15.0. The first-order valence-corrected chi connectivity index (χ1v) is 12.5. The summed E-state index contributed by atoms with van der Waals surface area (Å²) in [6, 6.07) is 7.35. The number of benzene rings is 1. The third kappa shape index (κ3) is 5.57. The second-order valence-corrected chi connectivity index (χ2v) is 9.53. The summed E-state index contributed by atoms with van der Waals surface area (Å²) >= 11 is 0. The van der Waals surface area contributed by atoms with Gasteiger partial charge in [-0.3, -0.25) is 14.0 Å². The van der Waals surface area contributed by atoms with Crippen LogP contribution in [-0.2, 0) is 20.4 Å². The average Bonchev–Trinajstić information content (AvgIpc) is 3.46. The zero-order valence-corrected chi connectivity index (χ0v) is 20.1. The highest BCUT2D eigenvalue weighted by atomic mass is 31.2. The van der Waals surface area contributed by atoms with Crippen molar-refractivity contribution in [2.24, 2.45) is 0 Å². The molecule has 17 heteroatoms. The van der Waals surface area contributed by atoms with Gasteiger partial charge in [-0.05, 0) is 29.2 Å². The van der Waals surface area contributed by atoms with Crippen LogP contribution in [0.25, 0.3) is 11.1 Å². The zero-order valence-electron chi connectivity index (χ0n) is 19.2. The van der Waals surface area contributed by atoms with Crippen LogP contribution in [0.4, 0.5) is 20.7 Å². The minimum atomic E-state index is -4.72. The molecule has 2 aromatic heterocycles. The standard InChI is InChI=1S/C21H19FN5O10P/c22-17-5-13(26-8-15(37-21(26)28)11-35-38(31,32)33)2-3-16(17)12-1-4-19(23-6-12)36-14-7-25-9-18(27(29)30)24-20(25)34-10-14/h1-6,9,14-15H,7-8,10-11H2,(H2,31,32,33)/t14-,15+/m0/s1. The van der Waals surface area contributed by atoms with Gasteiger partial charge in [-0.1, -0.05) is 0 Å². The highest BCUT2D eigenvalue weighted by molar-refractivity contribution is 7.46. The van der Waals surface area contributed by atoms with Crippen LogP contribution in [0.15, 0.2) is 42.7 Å². The number of nitro groups is 1. The first kappa shape index (κ1) is 25.5. The lowest BCUT2D eigenvalue weighted by Crippen LogP contribution is -2.34. The molecule has 1 fully saturated rings. The number of pyridine rings is 1. The predicted octanol–water partition coefficient (Wildman–Crippen LogP) is 2.27. The van der Waals surface area contributed by atoms with E-state index in [1.807, 2.05) is 0 Å². The van der Waals surface area contributed by atoms with Crippen molar-refractivity contribution in [2.45, 2.75) is 18.8 Å². The Bertz CT molecular complexity index is 1430. The van der Waals surface area contributed by atoms with Gasteiger partial charge in [0.25, 0.3) is 0 Å². The molecule has 0 spiro atoms. The number of hydrogen-bond donors (Lipinski definition) is 2. The summed E-state index contributed by atoms with van der Waals surface area (Å²) in [4.78, 5) is 49.1. The predicted molar refractivity (Wildman–Crippen MR) is 124 cm³/mol. The Kier molecular flexibility index (Phi) is 6.71. The lowest BCUT2D eigenvalue weighted by Gasteiger charge is -2.22. The quantitative estimate of drug-likeness (QED) is 0.236. The van der Waals surface area contributed by atoms with Crippen LogP contribution < -0.4 is 14.4 Å². The van der Waals surface area contributed by atoms with E-state index in [9.17, 15) is 23.9 Å². The second kappa shape index (κ2) is 9.98. The number of aromatic nitrogens is 3. The van der Waals surface area contributed by atoms with Crippen molar-refractivity contribution < 1.29 is 47.2 Å². The summed E-state index contributed by atoms with van der Waals surface area (Å²) in [6.45, 7) is -0.215. The fraction of sp³-hybridized carbons (Fsp3) is 0.286. The molecule has 0 radical (unpaired) electrons. The normalized spacial score (nSPS) is 19.0. The number of nitrogens with zero attached hydrogens (tertiary/aromatic N) is 5. The fourth-order valence-corrected chi connectivity index (χ4v) is 4.28. The number of fused-ring (bicyclic) bond motifs is 1. The third-order valence-electron chi connectivity index (χ3n) is 5.61. The number of cyclic esters (lactones) is 1. The monoisotopic (exact) mass is 551 g/mol. The topological polar surface area (TPSA) is 189 Å². The summed E-state index contributed by atoms with van der Waals surface area (Å²) in [6.07, 6.45) is 0.445. The molecule has 0 saturated carbocycles. The van der Waals surface area contributed by atoms with E-state index in [2.05, 4.69) is 14.5 Å². The number of hydrogen-bond acceptors (Lipinski definition) is 10. The van der Waals surface area contributed by atoms with Crippen LogP contribution in [0.1, 0.15) is 0 Å². The number of anilines is 1. The molecule has 0 unspecified atom stereocenters. The number of phosphoric ester groups is 1. The molecular formula is C21H19FN5O10P. The maximum atomic E-state index is 15.0. The van der Waals surface area contributed by atoms with Crippen molar-refractivity contribution in [3.63, 3.8) is 0 Å². The molecular weight excluding hydrogens is 532 g/mol. The Morgan fingerprint density at radius 1 is 1.26 bits per heavy atom. The van der Waals surface area contributed by atoms with Gasteiger partial charge in [-0.2, -0.15) is 0 Å². The minimum absolute atomic E-state index is 0.0794. The van der Waals surface area contributed by atoms with Gasteiger partial charge in [-0.15, -0.1) is 0 Å². The van der Waals surface area contributed by atoms with Crippen molar-refractivity contribution in [1.82, 2.24) is 14.5 Å². The fourth-order valence-electron chi connectivity index (χ4n) is 3.92. The number of halogens is 1. The molecule has 4 heterocycles. The van der Waals surface area contributed by atoms with Gasteiger partial charge in [0.15, 0.2) is 6.10 Å². The van der Waals surface area contributed by atoms with E-state index in [1.165, 1.54) is 35.2 Å². The van der Waals surface area contributed by atoms with Crippen LogP contribution in [0, 0.1) is 15.9 Å². The number of ether oxygens (including phenoxy) is 3. The Morgan fingerprint density at radius 3 is 2.76 bits per heavy atom. The number of carbonyl (C=O) groups excluding carboxylic acids is 1. The SMILES string of the molecule is O=C1O[C@@H](COP(=O)(O)O)CN1c1ccc(-c2ccc(O[C@@H]3COc4nc([N+](=O)[O-])cn4C3)nc2)c(F)c1. The van der Waals surface area contributed by atoms with Crippen LogP contribution in [0.3, 0.4) is 0 Å². The Hall–Kier alpha value is -4.11. The lowest BCUT2D eigenvalue weighted by molar-refractivity contribution is -0.389. The molecule has 1 saturated heterocycles. The summed E-state index contributed by atoms with van der Waals surface area (Å²) in [5.74, 6) is -0.733. The minimum Gasteiger partial charge on any atom is -0.469 e. The molecule has 1 amide bonds. The Morgan fingerprint density at radius 2 is 2.08 bits per heavy atom. The molecule has 200 valence electrons. The van der Waals surface area contributed by atoms with Crippen molar-refractivity contribution in [3.05, 3.63) is 58.7 Å². The smallest absolute Gasteiger partial charge is 0.469 e. The van der Waals surface area contributed by atoms with E-state index in [4.69, 9.17) is 24.0 Å². The Balaban J connectivity index is 1.22. The lowest BCUT2D eigenvalue weighted by atomic mass is 10.1. The van der Waals surface area contributed by atoms with E-state index in [-0.39, 0.29) is 48.7 Å². The third-order valence-corrected chi connectivity index (χ3v) is 6.10. The molecule has 2 aliphatic heterocycles. The second-order valence-electron chi connectivity index (χ2n) is 8.29. The number of imidazole rings is 1. The molecule has 3 aromatic rings. The van der Waals surface area contributed by atoms with Gasteiger partial charge in [0.2, 0.25) is 5.88 Å². The molecule has 2 N–H and O–H groups in total. The summed E-state index contributed by atoms with van der Waals surface area (Å²) < 4.78 is 47.9. The summed E-state index contributed by atoms with van der Waals surface area (Å²) in [7, 11) is -4.72. The molecule has 0 bridgehead atoms. The van der Waals surface area contributed by atoms with Crippen LogP contribution in [0.2, 0.25) is 0 Å². The molecule has 15 nitrogen and oxygen atoms in total. The number of rotatable bonds is 8. The summed E-state index contributed by atoms with van der Waals surface area (Å²) in [5, 5.41) is 10.9.